The van der Waals surface area contributed by atoms with E-state index in [9.17, 15) is 9.59 Å². The lowest BCUT2D eigenvalue weighted by Gasteiger charge is -2.13. The molecular weight excluding hydrogens is 196 g/mol. The van der Waals surface area contributed by atoms with Crippen LogP contribution in [0.2, 0.25) is 0 Å². The fourth-order valence-corrected chi connectivity index (χ4v) is 1.39. The van der Waals surface area contributed by atoms with Crippen LogP contribution >= 0.6 is 0 Å². The molecule has 1 aliphatic rings. The van der Waals surface area contributed by atoms with Crippen LogP contribution in [0, 0.1) is 5.92 Å². The Bertz CT molecular complexity index is 223. The zero-order valence-corrected chi connectivity index (χ0v) is 9.04. The Kier molecular flexibility index (Phi) is 5.28. The van der Waals surface area contributed by atoms with Gasteiger partial charge in [0.25, 0.3) is 5.91 Å². The minimum Gasteiger partial charge on any atom is -0.380 e. The predicted molar refractivity (Wildman–Crippen MR) is 55.5 cm³/mol. The van der Waals surface area contributed by atoms with Crippen molar-refractivity contribution < 1.29 is 14.3 Å². The summed E-state index contributed by atoms with van der Waals surface area (Å²) in [4.78, 5) is 22.2. The molecule has 5 heteroatoms. The summed E-state index contributed by atoms with van der Waals surface area (Å²) in [5.74, 6) is -0.597. The van der Waals surface area contributed by atoms with Crippen molar-refractivity contribution in [2.75, 3.05) is 32.8 Å². The minimum absolute atomic E-state index is 0.251. The predicted octanol–water partition coefficient (Wildman–Crippen LogP) is -0.682. The number of nitrogens with one attached hydrogen (secondary N) is 2. The number of amides is 1. The fourth-order valence-electron chi connectivity index (χ4n) is 1.39. The fraction of sp³-hybridized carbons (Fsp3) is 0.800. The van der Waals surface area contributed by atoms with Gasteiger partial charge in [-0.3, -0.25) is 9.59 Å². The van der Waals surface area contributed by atoms with Gasteiger partial charge in [0.05, 0.1) is 13.2 Å². The van der Waals surface area contributed by atoms with Gasteiger partial charge >= 0.3 is 0 Å². The third kappa shape index (κ3) is 4.40. The number of hydrogen-bond acceptors (Lipinski definition) is 4. The first-order valence-electron chi connectivity index (χ1n) is 5.33. The van der Waals surface area contributed by atoms with Crippen molar-refractivity contribution in [1.82, 2.24) is 10.6 Å². The molecule has 0 radical (unpaired) electrons. The Morgan fingerprint density at radius 3 is 3.07 bits per heavy atom. The van der Waals surface area contributed by atoms with Gasteiger partial charge < -0.3 is 15.4 Å². The van der Waals surface area contributed by atoms with Gasteiger partial charge in [0.1, 0.15) is 0 Å². The standard InChI is InChI=1S/C10H18N2O3/c1-2-9(13)10(14)12-6-8-5-11-3-4-15-7-8/h8,11H,2-7H2,1H3,(H,12,14). The molecule has 0 aromatic carbocycles. The van der Waals surface area contributed by atoms with Crippen molar-refractivity contribution in [3.63, 3.8) is 0 Å². The van der Waals surface area contributed by atoms with Crippen LogP contribution in [-0.2, 0) is 14.3 Å². The molecule has 1 atom stereocenters. The van der Waals surface area contributed by atoms with Gasteiger partial charge in [-0.1, -0.05) is 6.92 Å². The van der Waals surface area contributed by atoms with Crippen molar-refractivity contribution in [2.45, 2.75) is 13.3 Å². The van der Waals surface area contributed by atoms with E-state index in [0.29, 0.717) is 19.8 Å². The average Bonchev–Trinajstić information content (AvgIpc) is 2.53. The van der Waals surface area contributed by atoms with Gasteiger partial charge in [0.2, 0.25) is 5.78 Å². The quantitative estimate of drug-likeness (QED) is 0.608. The Balaban J connectivity index is 2.23. The van der Waals surface area contributed by atoms with E-state index in [1.165, 1.54) is 0 Å². The molecule has 1 saturated heterocycles. The van der Waals surface area contributed by atoms with Crippen molar-refractivity contribution >= 4 is 11.7 Å². The summed E-state index contributed by atoms with van der Waals surface area (Å²) in [6.45, 7) is 5.18. The topological polar surface area (TPSA) is 67.4 Å². The molecule has 5 nitrogen and oxygen atoms in total. The maximum atomic E-state index is 11.2. The van der Waals surface area contributed by atoms with Crippen molar-refractivity contribution in [2.24, 2.45) is 5.92 Å². The molecule has 1 rings (SSSR count). The number of Topliss-reactive ketones (excluding diaryl/α,β-unsaturated/α-hetero) is 1. The second-order valence-electron chi connectivity index (χ2n) is 3.63. The van der Waals surface area contributed by atoms with E-state index in [1.807, 2.05) is 0 Å². The SMILES string of the molecule is CCC(=O)C(=O)NCC1CNCCOC1. The van der Waals surface area contributed by atoms with Crippen molar-refractivity contribution in [3.8, 4) is 0 Å². The van der Waals surface area contributed by atoms with Crippen LogP contribution in [0.15, 0.2) is 0 Å². The number of ether oxygens (including phenoxy) is 1. The summed E-state index contributed by atoms with van der Waals surface area (Å²) in [6, 6.07) is 0. The summed E-state index contributed by atoms with van der Waals surface area (Å²) in [5.41, 5.74) is 0. The third-order valence-electron chi connectivity index (χ3n) is 2.34. The van der Waals surface area contributed by atoms with Crippen LogP contribution in [0.4, 0.5) is 0 Å². The summed E-state index contributed by atoms with van der Waals surface area (Å²) in [5, 5.41) is 5.83. The number of carbonyl (C=O) groups is 2. The molecule has 0 bridgehead atoms. The molecule has 1 unspecified atom stereocenters. The summed E-state index contributed by atoms with van der Waals surface area (Å²) >= 11 is 0. The smallest absolute Gasteiger partial charge is 0.287 e. The van der Waals surface area contributed by atoms with Gasteiger partial charge in [-0.2, -0.15) is 0 Å². The first kappa shape index (κ1) is 12.1. The first-order chi connectivity index (χ1) is 7.24. The van der Waals surface area contributed by atoms with E-state index >= 15 is 0 Å². The zero-order chi connectivity index (χ0) is 11.1. The third-order valence-corrected chi connectivity index (χ3v) is 2.34. The van der Waals surface area contributed by atoms with Crippen LogP contribution in [0.3, 0.4) is 0 Å². The zero-order valence-electron chi connectivity index (χ0n) is 9.04. The molecule has 0 aromatic rings. The lowest BCUT2D eigenvalue weighted by molar-refractivity contribution is -0.137. The number of hydrogen-bond donors (Lipinski definition) is 2. The number of ketones is 1. The summed E-state index contributed by atoms with van der Waals surface area (Å²) < 4.78 is 5.33. The lowest BCUT2D eigenvalue weighted by Crippen LogP contribution is -2.38. The van der Waals surface area contributed by atoms with E-state index in [4.69, 9.17) is 4.74 Å². The molecule has 1 amide bonds. The highest BCUT2D eigenvalue weighted by Gasteiger charge is 2.15. The largest absolute Gasteiger partial charge is 0.380 e. The van der Waals surface area contributed by atoms with Gasteiger partial charge in [-0.05, 0) is 0 Å². The van der Waals surface area contributed by atoms with Gasteiger partial charge in [0.15, 0.2) is 0 Å². The molecule has 0 aromatic heterocycles. The normalized spacial score (nSPS) is 21.8. The van der Waals surface area contributed by atoms with Crippen molar-refractivity contribution in [3.05, 3.63) is 0 Å². The molecular formula is C10H18N2O3. The van der Waals surface area contributed by atoms with Crippen LogP contribution in [0.5, 0.6) is 0 Å². The van der Waals surface area contributed by atoms with E-state index < -0.39 is 5.91 Å². The summed E-state index contributed by atoms with van der Waals surface area (Å²) in [6.07, 6.45) is 0.255. The molecule has 1 fully saturated rings. The highest BCUT2D eigenvalue weighted by Crippen LogP contribution is 1.98. The minimum atomic E-state index is -0.484. The Labute approximate surface area is 89.6 Å². The number of carbonyl (C=O) groups excluding carboxylic acids is 2. The second-order valence-corrected chi connectivity index (χ2v) is 3.63. The first-order valence-corrected chi connectivity index (χ1v) is 5.33. The van der Waals surface area contributed by atoms with E-state index in [0.717, 1.165) is 13.1 Å². The van der Waals surface area contributed by atoms with Gasteiger partial charge in [-0.25, -0.2) is 0 Å². The Hall–Kier alpha value is -0.940. The van der Waals surface area contributed by atoms with E-state index in [-0.39, 0.29) is 18.1 Å². The van der Waals surface area contributed by atoms with Gasteiger partial charge in [0, 0.05) is 32.0 Å². The van der Waals surface area contributed by atoms with Gasteiger partial charge in [-0.15, -0.1) is 0 Å². The lowest BCUT2D eigenvalue weighted by atomic mass is 10.1. The Morgan fingerprint density at radius 2 is 2.33 bits per heavy atom. The van der Waals surface area contributed by atoms with Crippen molar-refractivity contribution in [1.29, 1.82) is 0 Å². The highest BCUT2D eigenvalue weighted by atomic mass is 16.5. The average molecular weight is 214 g/mol. The molecule has 0 spiro atoms. The molecule has 1 heterocycles. The Morgan fingerprint density at radius 1 is 1.53 bits per heavy atom. The molecule has 2 N–H and O–H groups in total. The summed E-state index contributed by atoms with van der Waals surface area (Å²) in [7, 11) is 0. The van der Waals surface area contributed by atoms with Crippen LogP contribution < -0.4 is 10.6 Å². The van der Waals surface area contributed by atoms with Crippen LogP contribution in [0.1, 0.15) is 13.3 Å². The second kappa shape index (κ2) is 6.53. The molecule has 15 heavy (non-hydrogen) atoms. The maximum absolute atomic E-state index is 11.2. The molecule has 0 aliphatic carbocycles. The van der Waals surface area contributed by atoms with E-state index in [1.54, 1.807) is 6.92 Å². The monoisotopic (exact) mass is 214 g/mol. The number of rotatable bonds is 4. The molecule has 86 valence electrons. The molecule has 0 saturated carbocycles. The van der Waals surface area contributed by atoms with Crippen LogP contribution in [0.25, 0.3) is 0 Å². The van der Waals surface area contributed by atoms with E-state index in [2.05, 4.69) is 10.6 Å². The highest BCUT2D eigenvalue weighted by molar-refractivity contribution is 6.36. The van der Waals surface area contributed by atoms with Crippen LogP contribution in [-0.4, -0.2) is 44.5 Å². The maximum Gasteiger partial charge on any atom is 0.287 e. The molecule has 1 aliphatic heterocycles.